The molecule has 2 saturated heterocycles. The summed E-state index contributed by atoms with van der Waals surface area (Å²) in [6.07, 6.45) is 3.45. The number of hydrogen-bond acceptors (Lipinski definition) is 3. The van der Waals surface area contributed by atoms with Crippen molar-refractivity contribution in [2.75, 3.05) is 20.1 Å². The molecule has 0 radical (unpaired) electrons. The summed E-state index contributed by atoms with van der Waals surface area (Å²) < 4.78 is 0. The minimum Gasteiger partial charge on any atom is -0.341 e. The van der Waals surface area contributed by atoms with Crippen LogP contribution in [0.15, 0.2) is 24.3 Å². The van der Waals surface area contributed by atoms with Crippen LogP contribution in [0.5, 0.6) is 0 Å². The van der Waals surface area contributed by atoms with E-state index in [1.165, 1.54) is 12.8 Å². The third-order valence-electron chi connectivity index (χ3n) is 5.30. The average molecular weight is 343 g/mol. The molecule has 3 rings (SSSR count). The zero-order valence-corrected chi connectivity index (χ0v) is 15.5. The summed E-state index contributed by atoms with van der Waals surface area (Å²) in [6.45, 7) is 6.03. The fourth-order valence-corrected chi connectivity index (χ4v) is 3.86. The number of likely N-dealkylation sites (tertiary alicyclic amines) is 1. The zero-order chi connectivity index (χ0) is 18.0. The Kier molecular flexibility index (Phi) is 5.42. The van der Waals surface area contributed by atoms with Crippen LogP contribution in [0.2, 0.25) is 0 Å². The van der Waals surface area contributed by atoms with E-state index in [1.54, 1.807) is 4.90 Å². The van der Waals surface area contributed by atoms with E-state index in [2.05, 4.69) is 5.32 Å². The number of benzene rings is 1. The lowest BCUT2D eigenvalue weighted by Crippen LogP contribution is -2.39. The summed E-state index contributed by atoms with van der Waals surface area (Å²) in [5.74, 6) is 0.248. The van der Waals surface area contributed by atoms with Crippen molar-refractivity contribution >= 4 is 11.8 Å². The van der Waals surface area contributed by atoms with E-state index in [9.17, 15) is 9.59 Å². The van der Waals surface area contributed by atoms with E-state index < -0.39 is 0 Å². The second kappa shape index (κ2) is 7.56. The molecule has 2 amide bonds. The Labute approximate surface area is 150 Å². The molecule has 2 aliphatic heterocycles. The number of carbonyl (C=O) groups excluding carboxylic acids is 2. The minimum atomic E-state index is -0.00201. The maximum atomic E-state index is 12.8. The number of hydrogen-bond donors (Lipinski definition) is 1. The SMILES string of the molecule is CC(C)C(=O)N(C)Cc1ccc(C(=O)N2CCC3CCC(C2)N3)cc1. The molecule has 0 aromatic heterocycles. The summed E-state index contributed by atoms with van der Waals surface area (Å²) in [5.41, 5.74) is 1.78. The average Bonchev–Trinajstić information content (AvgIpc) is 2.93. The van der Waals surface area contributed by atoms with Crippen LogP contribution in [-0.2, 0) is 11.3 Å². The Bertz CT molecular complexity index is 626. The van der Waals surface area contributed by atoms with Gasteiger partial charge in [0.15, 0.2) is 0 Å². The molecule has 2 heterocycles. The first-order valence-corrected chi connectivity index (χ1v) is 9.33. The Hall–Kier alpha value is -1.88. The molecule has 0 aliphatic carbocycles. The highest BCUT2D eigenvalue weighted by atomic mass is 16.2. The normalized spacial score (nSPS) is 22.8. The number of nitrogens with zero attached hydrogens (tertiary/aromatic N) is 2. The van der Waals surface area contributed by atoms with Crippen LogP contribution in [0.25, 0.3) is 0 Å². The van der Waals surface area contributed by atoms with Crippen molar-refractivity contribution in [3.8, 4) is 0 Å². The van der Waals surface area contributed by atoms with Gasteiger partial charge in [0.1, 0.15) is 0 Å². The molecule has 2 bridgehead atoms. The van der Waals surface area contributed by atoms with Gasteiger partial charge in [-0.05, 0) is 37.0 Å². The fourth-order valence-electron chi connectivity index (χ4n) is 3.86. The van der Waals surface area contributed by atoms with Gasteiger partial charge in [0.25, 0.3) is 5.91 Å². The van der Waals surface area contributed by atoms with Crippen LogP contribution in [0.1, 0.15) is 49.0 Å². The summed E-state index contributed by atoms with van der Waals surface area (Å²) in [5, 5.41) is 3.61. The second-order valence-corrected chi connectivity index (χ2v) is 7.72. The van der Waals surface area contributed by atoms with Crippen LogP contribution < -0.4 is 5.32 Å². The molecule has 2 unspecified atom stereocenters. The van der Waals surface area contributed by atoms with Gasteiger partial charge in [-0.1, -0.05) is 26.0 Å². The molecule has 1 N–H and O–H groups in total. The van der Waals surface area contributed by atoms with Crippen LogP contribution in [0.4, 0.5) is 0 Å². The summed E-state index contributed by atoms with van der Waals surface area (Å²) in [6, 6.07) is 8.73. The number of nitrogens with one attached hydrogen (secondary N) is 1. The van der Waals surface area contributed by atoms with Gasteiger partial charge < -0.3 is 15.1 Å². The van der Waals surface area contributed by atoms with Crippen molar-refractivity contribution in [3.63, 3.8) is 0 Å². The first kappa shape index (κ1) is 17.9. The maximum Gasteiger partial charge on any atom is 0.253 e. The Morgan fingerprint density at radius 1 is 1.16 bits per heavy atom. The third-order valence-corrected chi connectivity index (χ3v) is 5.30. The molecule has 5 nitrogen and oxygen atoms in total. The quantitative estimate of drug-likeness (QED) is 0.912. The molecular weight excluding hydrogens is 314 g/mol. The highest BCUT2D eigenvalue weighted by Crippen LogP contribution is 2.21. The van der Waals surface area contributed by atoms with Crippen LogP contribution in [0.3, 0.4) is 0 Å². The number of carbonyl (C=O) groups is 2. The molecule has 2 aliphatic rings. The lowest BCUT2D eigenvalue weighted by atomic mass is 10.1. The van der Waals surface area contributed by atoms with Gasteiger partial charge in [-0.25, -0.2) is 0 Å². The van der Waals surface area contributed by atoms with Crippen molar-refractivity contribution in [1.29, 1.82) is 0 Å². The van der Waals surface area contributed by atoms with Crippen molar-refractivity contribution in [1.82, 2.24) is 15.1 Å². The monoisotopic (exact) mass is 343 g/mol. The topological polar surface area (TPSA) is 52.7 Å². The third kappa shape index (κ3) is 4.21. The van der Waals surface area contributed by atoms with Crippen molar-refractivity contribution in [2.45, 2.75) is 51.7 Å². The predicted octanol–water partition coefficient (Wildman–Crippen LogP) is 2.27. The van der Waals surface area contributed by atoms with Gasteiger partial charge in [-0.2, -0.15) is 0 Å². The van der Waals surface area contributed by atoms with E-state index in [0.29, 0.717) is 18.6 Å². The molecular formula is C20H29N3O2. The van der Waals surface area contributed by atoms with Crippen LogP contribution in [0, 0.1) is 5.92 Å². The molecule has 5 heteroatoms. The van der Waals surface area contributed by atoms with E-state index in [4.69, 9.17) is 0 Å². The first-order chi connectivity index (χ1) is 11.9. The van der Waals surface area contributed by atoms with Crippen molar-refractivity contribution in [2.24, 2.45) is 5.92 Å². The van der Waals surface area contributed by atoms with Crippen LogP contribution in [-0.4, -0.2) is 53.8 Å². The molecule has 2 atom stereocenters. The van der Waals surface area contributed by atoms with Gasteiger partial charge in [-0.3, -0.25) is 9.59 Å². The number of rotatable bonds is 4. The van der Waals surface area contributed by atoms with Crippen LogP contribution >= 0.6 is 0 Å². The fraction of sp³-hybridized carbons (Fsp3) is 0.600. The Balaban J connectivity index is 1.61. The van der Waals surface area contributed by atoms with Gasteiger partial charge in [-0.15, -0.1) is 0 Å². The smallest absolute Gasteiger partial charge is 0.253 e. The summed E-state index contributed by atoms with van der Waals surface area (Å²) >= 11 is 0. The maximum absolute atomic E-state index is 12.8. The summed E-state index contributed by atoms with van der Waals surface area (Å²) in [4.78, 5) is 28.5. The second-order valence-electron chi connectivity index (χ2n) is 7.72. The largest absolute Gasteiger partial charge is 0.341 e. The minimum absolute atomic E-state index is 0.00201. The van der Waals surface area contributed by atoms with Crippen molar-refractivity contribution in [3.05, 3.63) is 35.4 Å². The Morgan fingerprint density at radius 2 is 1.84 bits per heavy atom. The number of amides is 2. The highest BCUT2D eigenvalue weighted by molar-refractivity contribution is 5.94. The zero-order valence-electron chi connectivity index (χ0n) is 15.5. The molecule has 0 saturated carbocycles. The van der Waals surface area contributed by atoms with Crippen molar-refractivity contribution < 1.29 is 9.59 Å². The lowest BCUT2D eigenvalue weighted by Gasteiger charge is -2.24. The van der Waals surface area contributed by atoms with E-state index in [0.717, 1.165) is 30.6 Å². The summed E-state index contributed by atoms with van der Waals surface area (Å²) in [7, 11) is 1.82. The standard InChI is InChI=1S/C20H29N3O2/c1-14(2)19(24)22(3)12-15-4-6-16(7-5-15)20(25)23-11-10-17-8-9-18(13-23)21-17/h4-7,14,17-18,21H,8-13H2,1-3H3. The van der Waals surface area contributed by atoms with Gasteiger partial charge >= 0.3 is 0 Å². The molecule has 136 valence electrons. The predicted molar refractivity (Wildman–Crippen MR) is 98.2 cm³/mol. The molecule has 25 heavy (non-hydrogen) atoms. The molecule has 0 spiro atoms. The van der Waals surface area contributed by atoms with E-state index in [-0.39, 0.29) is 17.7 Å². The molecule has 1 aromatic rings. The molecule has 2 fully saturated rings. The lowest BCUT2D eigenvalue weighted by molar-refractivity contribution is -0.133. The van der Waals surface area contributed by atoms with Gasteiger partial charge in [0, 0.05) is 50.2 Å². The van der Waals surface area contributed by atoms with Gasteiger partial charge in [0.05, 0.1) is 0 Å². The molecule has 1 aromatic carbocycles. The highest BCUT2D eigenvalue weighted by Gasteiger charge is 2.31. The number of fused-ring (bicyclic) bond motifs is 2. The van der Waals surface area contributed by atoms with Gasteiger partial charge in [0.2, 0.25) is 5.91 Å². The first-order valence-electron chi connectivity index (χ1n) is 9.33. The van der Waals surface area contributed by atoms with E-state index >= 15 is 0 Å². The van der Waals surface area contributed by atoms with E-state index in [1.807, 2.05) is 50.1 Å². The Morgan fingerprint density at radius 3 is 2.52 bits per heavy atom.